The number of esters is 1. The summed E-state index contributed by atoms with van der Waals surface area (Å²) in [5.41, 5.74) is 15.6. The van der Waals surface area contributed by atoms with Crippen LogP contribution >= 0.6 is 0 Å². The van der Waals surface area contributed by atoms with Gasteiger partial charge in [-0.25, -0.2) is 9.78 Å². The van der Waals surface area contributed by atoms with E-state index in [-0.39, 0.29) is 17.9 Å². The minimum atomic E-state index is -0.363. The number of amides is 1. The van der Waals surface area contributed by atoms with Crippen molar-refractivity contribution in [2.75, 3.05) is 23.0 Å². The second kappa shape index (κ2) is 10.6. The first-order valence-electron chi connectivity index (χ1n) is 10.8. The number of rotatable bonds is 3. The van der Waals surface area contributed by atoms with Crippen LogP contribution in [0.25, 0.3) is 11.3 Å². The van der Waals surface area contributed by atoms with Crippen molar-refractivity contribution >= 4 is 29.1 Å². The summed E-state index contributed by atoms with van der Waals surface area (Å²) in [6.45, 7) is 5.80. The van der Waals surface area contributed by atoms with E-state index in [1.165, 1.54) is 12.4 Å². The van der Waals surface area contributed by atoms with E-state index in [1.54, 1.807) is 32.0 Å². The van der Waals surface area contributed by atoms with Gasteiger partial charge < -0.3 is 21.1 Å². The molecule has 0 unspecified atom stereocenters. The number of aryl methyl sites for hydroxylation is 1. The molecule has 0 saturated carbocycles. The molecule has 4 N–H and O–H groups in total. The average Bonchev–Trinajstić information content (AvgIpc) is 2.81. The molecule has 1 aliphatic rings. The summed E-state index contributed by atoms with van der Waals surface area (Å²) in [6.07, 6.45) is 4.95. The van der Waals surface area contributed by atoms with E-state index in [9.17, 15) is 9.59 Å². The third-order valence-corrected chi connectivity index (χ3v) is 5.33. The molecular formula is C25H29N5O3. The summed E-state index contributed by atoms with van der Waals surface area (Å²) < 4.78 is 4.98. The molecule has 0 radical (unpaired) electrons. The Kier molecular flexibility index (Phi) is 7.61. The van der Waals surface area contributed by atoms with Crippen LogP contribution in [0.4, 0.5) is 17.2 Å². The zero-order chi connectivity index (χ0) is 24.0. The van der Waals surface area contributed by atoms with E-state index < -0.39 is 0 Å². The van der Waals surface area contributed by atoms with Crippen LogP contribution in [-0.4, -0.2) is 34.5 Å². The fourth-order valence-corrected chi connectivity index (χ4v) is 3.71. The van der Waals surface area contributed by atoms with Crippen LogP contribution in [0.3, 0.4) is 0 Å². The van der Waals surface area contributed by atoms with E-state index in [2.05, 4.69) is 23.0 Å². The van der Waals surface area contributed by atoms with Crippen molar-refractivity contribution in [1.29, 1.82) is 0 Å². The van der Waals surface area contributed by atoms with Gasteiger partial charge in [-0.2, -0.15) is 0 Å². The van der Waals surface area contributed by atoms with Gasteiger partial charge in [0.05, 0.1) is 29.7 Å². The predicted octanol–water partition coefficient (Wildman–Crippen LogP) is 3.86. The molecule has 4 rings (SSSR count). The number of carbonyl (C=O) groups excluding carboxylic acids is 2. The predicted molar refractivity (Wildman–Crippen MR) is 130 cm³/mol. The van der Waals surface area contributed by atoms with Crippen LogP contribution in [0.1, 0.15) is 43.1 Å². The highest BCUT2D eigenvalue weighted by atomic mass is 16.5. The van der Waals surface area contributed by atoms with Gasteiger partial charge in [0.1, 0.15) is 5.82 Å². The molecule has 1 atom stereocenters. The number of aromatic nitrogens is 2. The monoisotopic (exact) mass is 447 g/mol. The third kappa shape index (κ3) is 5.85. The molecule has 1 aliphatic heterocycles. The molecule has 0 bridgehead atoms. The lowest BCUT2D eigenvalue weighted by Crippen LogP contribution is -2.40. The number of nitrogens with two attached hydrogens (primary N) is 2. The molecule has 33 heavy (non-hydrogen) atoms. The maximum absolute atomic E-state index is 12.0. The number of nitrogen functional groups attached to an aromatic ring is 2. The molecule has 3 heterocycles. The van der Waals surface area contributed by atoms with E-state index in [0.717, 1.165) is 35.3 Å². The Morgan fingerprint density at radius 1 is 1.09 bits per heavy atom. The summed E-state index contributed by atoms with van der Waals surface area (Å²) >= 11 is 0. The molecule has 8 heteroatoms. The van der Waals surface area contributed by atoms with Crippen molar-refractivity contribution in [2.24, 2.45) is 0 Å². The Labute approximate surface area is 193 Å². The Bertz CT molecular complexity index is 1090. The first kappa shape index (κ1) is 23.7. The highest BCUT2D eigenvalue weighted by Crippen LogP contribution is 2.33. The quantitative estimate of drug-likeness (QED) is 0.584. The Morgan fingerprint density at radius 3 is 2.45 bits per heavy atom. The molecule has 3 aromatic rings. The topological polar surface area (TPSA) is 124 Å². The van der Waals surface area contributed by atoms with Gasteiger partial charge in [-0.3, -0.25) is 9.78 Å². The van der Waals surface area contributed by atoms with Crippen molar-refractivity contribution in [1.82, 2.24) is 9.97 Å². The normalized spacial score (nSPS) is 14.5. The van der Waals surface area contributed by atoms with Crippen LogP contribution in [0.2, 0.25) is 0 Å². The number of hydrogen-bond acceptors (Lipinski definition) is 7. The standard InChI is InChI=1S/C20H22N2O3.C5H7N3/c1-4-25-20(24)17-7-9-18(21-12-17)15-8-10-19-16(11-15)6-5-13(2)22(19)14(3)23;6-4-1-2-5(7)8-3-4/h7-13H,4-6H2,1-3H3;1-3H,6H2,(H2,7,8)/t13-;/m0./s1. The lowest BCUT2D eigenvalue weighted by molar-refractivity contribution is -0.117. The van der Waals surface area contributed by atoms with Gasteiger partial charge in [0.2, 0.25) is 5.91 Å². The zero-order valence-corrected chi connectivity index (χ0v) is 19.1. The van der Waals surface area contributed by atoms with Crippen LogP contribution in [0.5, 0.6) is 0 Å². The van der Waals surface area contributed by atoms with Crippen molar-refractivity contribution in [3.8, 4) is 11.3 Å². The SMILES string of the molecule is CCOC(=O)c1ccc(-c2ccc3c(c2)CC[C@H](C)N3C(C)=O)nc1.Nc1ccc(N)nc1. The number of pyridine rings is 2. The Morgan fingerprint density at radius 2 is 1.88 bits per heavy atom. The maximum Gasteiger partial charge on any atom is 0.339 e. The van der Waals surface area contributed by atoms with E-state index in [1.807, 2.05) is 23.1 Å². The molecule has 2 aromatic heterocycles. The van der Waals surface area contributed by atoms with Crippen LogP contribution in [-0.2, 0) is 16.0 Å². The van der Waals surface area contributed by atoms with E-state index >= 15 is 0 Å². The molecule has 0 saturated heterocycles. The summed E-state index contributed by atoms with van der Waals surface area (Å²) in [6, 6.07) is 13.2. The van der Waals surface area contributed by atoms with Crippen molar-refractivity contribution in [2.45, 2.75) is 39.7 Å². The van der Waals surface area contributed by atoms with Crippen molar-refractivity contribution < 1.29 is 14.3 Å². The molecule has 8 nitrogen and oxygen atoms in total. The molecule has 172 valence electrons. The molecule has 0 fully saturated rings. The number of carbonyl (C=O) groups is 2. The minimum absolute atomic E-state index is 0.0677. The summed E-state index contributed by atoms with van der Waals surface area (Å²) in [5, 5.41) is 0. The fourth-order valence-electron chi connectivity index (χ4n) is 3.71. The highest BCUT2D eigenvalue weighted by molar-refractivity contribution is 5.94. The van der Waals surface area contributed by atoms with Crippen LogP contribution in [0.15, 0.2) is 54.9 Å². The van der Waals surface area contributed by atoms with Gasteiger partial charge in [0, 0.05) is 30.4 Å². The van der Waals surface area contributed by atoms with E-state index in [4.69, 9.17) is 16.2 Å². The van der Waals surface area contributed by atoms with Crippen LogP contribution < -0.4 is 16.4 Å². The lowest BCUT2D eigenvalue weighted by Gasteiger charge is -2.34. The number of fused-ring (bicyclic) bond motifs is 1. The maximum atomic E-state index is 12.0. The second-order valence-electron chi connectivity index (χ2n) is 7.79. The molecule has 1 aromatic carbocycles. The summed E-state index contributed by atoms with van der Waals surface area (Å²) in [5.74, 6) is 0.204. The largest absolute Gasteiger partial charge is 0.462 e. The van der Waals surface area contributed by atoms with Gasteiger partial charge >= 0.3 is 5.97 Å². The summed E-state index contributed by atoms with van der Waals surface area (Å²) in [4.78, 5) is 33.6. The number of anilines is 3. The Balaban J connectivity index is 0.000000323. The first-order chi connectivity index (χ1) is 15.8. The number of ether oxygens (including phenoxy) is 1. The van der Waals surface area contributed by atoms with Gasteiger partial charge in [0.25, 0.3) is 0 Å². The molecule has 1 amide bonds. The number of nitrogens with zero attached hydrogens (tertiary/aromatic N) is 3. The highest BCUT2D eigenvalue weighted by Gasteiger charge is 2.26. The lowest BCUT2D eigenvalue weighted by atomic mass is 9.94. The fraction of sp³-hybridized carbons (Fsp3) is 0.280. The van der Waals surface area contributed by atoms with Gasteiger partial charge in [0.15, 0.2) is 0 Å². The second-order valence-corrected chi connectivity index (χ2v) is 7.79. The first-order valence-corrected chi connectivity index (χ1v) is 10.8. The number of benzene rings is 1. The number of hydrogen-bond donors (Lipinski definition) is 2. The molecular weight excluding hydrogens is 418 g/mol. The average molecular weight is 448 g/mol. The molecule has 0 spiro atoms. The van der Waals surface area contributed by atoms with Crippen LogP contribution in [0, 0.1) is 0 Å². The summed E-state index contributed by atoms with van der Waals surface area (Å²) in [7, 11) is 0. The Hall–Kier alpha value is -3.94. The van der Waals surface area contributed by atoms with Gasteiger partial charge in [-0.15, -0.1) is 0 Å². The van der Waals surface area contributed by atoms with Crippen molar-refractivity contribution in [3.63, 3.8) is 0 Å². The van der Waals surface area contributed by atoms with Gasteiger partial charge in [-0.05, 0) is 68.7 Å². The van der Waals surface area contributed by atoms with Crippen molar-refractivity contribution in [3.05, 3.63) is 66.0 Å². The van der Waals surface area contributed by atoms with Gasteiger partial charge in [-0.1, -0.05) is 6.07 Å². The zero-order valence-electron chi connectivity index (χ0n) is 19.1. The smallest absolute Gasteiger partial charge is 0.339 e. The third-order valence-electron chi connectivity index (χ3n) is 5.33. The van der Waals surface area contributed by atoms with E-state index in [0.29, 0.717) is 23.7 Å². The molecule has 0 aliphatic carbocycles. The minimum Gasteiger partial charge on any atom is -0.462 e.